The first kappa shape index (κ1) is 14.5. The standard InChI is InChI=1S/C19H19NO2/c1-19(2,21)16-8-10-17(11-9-16)22-13-15-6-3-5-14-7-4-12-20-18(14)15/h3-12,21H,13H2,1-2H3. The SMILES string of the molecule is CC(C)(O)c1ccc(OCc2cccc3cccnc23)cc1. The number of hydrogen-bond acceptors (Lipinski definition) is 3. The minimum Gasteiger partial charge on any atom is -0.489 e. The van der Waals surface area contributed by atoms with E-state index in [1.54, 1.807) is 20.0 Å². The van der Waals surface area contributed by atoms with E-state index in [-0.39, 0.29) is 0 Å². The van der Waals surface area contributed by atoms with Crippen molar-refractivity contribution in [1.29, 1.82) is 0 Å². The molecule has 0 saturated heterocycles. The van der Waals surface area contributed by atoms with Gasteiger partial charge in [-0.15, -0.1) is 0 Å². The minimum absolute atomic E-state index is 0.468. The lowest BCUT2D eigenvalue weighted by Gasteiger charge is -2.18. The van der Waals surface area contributed by atoms with Crippen molar-refractivity contribution in [2.75, 3.05) is 0 Å². The smallest absolute Gasteiger partial charge is 0.119 e. The summed E-state index contributed by atoms with van der Waals surface area (Å²) in [4.78, 5) is 4.43. The molecular weight excluding hydrogens is 274 g/mol. The largest absolute Gasteiger partial charge is 0.489 e. The normalized spacial score (nSPS) is 11.6. The number of aromatic nitrogens is 1. The Morgan fingerprint density at radius 3 is 2.45 bits per heavy atom. The third-order valence-corrected chi connectivity index (χ3v) is 3.67. The molecule has 3 heteroatoms. The molecule has 3 aromatic rings. The first-order valence-corrected chi connectivity index (χ1v) is 7.32. The predicted molar refractivity (Wildman–Crippen MR) is 87.8 cm³/mol. The van der Waals surface area contributed by atoms with Crippen LogP contribution in [0.2, 0.25) is 0 Å². The molecule has 22 heavy (non-hydrogen) atoms. The molecule has 0 bridgehead atoms. The monoisotopic (exact) mass is 293 g/mol. The van der Waals surface area contributed by atoms with E-state index in [0.29, 0.717) is 6.61 Å². The Balaban J connectivity index is 1.77. The van der Waals surface area contributed by atoms with Crippen molar-refractivity contribution in [2.45, 2.75) is 26.1 Å². The van der Waals surface area contributed by atoms with Gasteiger partial charge in [-0.3, -0.25) is 4.98 Å². The highest BCUT2D eigenvalue weighted by Gasteiger charge is 2.15. The summed E-state index contributed by atoms with van der Waals surface area (Å²) in [5, 5.41) is 11.1. The molecule has 2 aromatic carbocycles. The van der Waals surface area contributed by atoms with E-state index in [2.05, 4.69) is 4.98 Å². The van der Waals surface area contributed by atoms with Crippen LogP contribution in [-0.2, 0) is 12.2 Å². The van der Waals surface area contributed by atoms with Gasteiger partial charge in [-0.1, -0.05) is 36.4 Å². The summed E-state index contributed by atoms with van der Waals surface area (Å²) in [6, 6.07) is 17.6. The van der Waals surface area contributed by atoms with Gasteiger partial charge in [0.25, 0.3) is 0 Å². The van der Waals surface area contributed by atoms with Crippen molar-refractivity contribution < 1.29 is 9.84 Å². The van der Waals surface area contributed by atoms with E-state index in [0.717, 1.165) is 27.8 Å². The van der Waals surface area contributed by atoms with Crippen LogP contribution in [0.25, 0.3) is 10.9 Å². The summed E-state index contributed by atoms with van der Waals surface area (Å²) in [6.07, 6.45) is 1.80. The molecule has 0 aliphatic heterocycles. The van der Waals surface area contributed by atoms with Gasteiger partial charge in [0.2, 0.25) is 0 Å². The molecule has 0 radical (unpaired) electrons. The Bertz CT molecular complexity index is 768. The lowest BCUT2D eigenvalue weighted by atomic mass is 9.99. The number of fused-ring (bicyclic) bond motifs is 1. The Hall–Kier alpha value is -2.39. The van der Waals surface area contributed by atoms with Gasteiger partial charge in [0, 0.05) is 17.1 Å². The van der Waals surface area contributed by atoms with E-state index in [9.17, 15) is 5.11 Å². The maximum absolute atomic E-state index is 9.96. The number of rotatable bonds is 4. The number of nitrogens with zero attached hydrogens (tertiary/aromatic N) is 1. The van der Waals surface area contributed by atoms with Crippen LogP contribution in [0.15, 0.2) is 60.8 Å². The first-order chi connectivity index (χ1) is 10.5. The molecule has 0 spiro atoms. The fourth-order valence-electron chi connectivity index (χ4n) is 2.40. The van der Waals surface area contributed by atoms with E-state index >= 15 is 0 Å². The summed E-state index contributed by atoms with van der Waals surface area (Å²) in [7, 11) is 0. The first-order valence-electron chi connectivity index (χ1n) is 7.32. The van der Waals surface area contributed by atoms with Gasteiger partial charge in [-0.2, -0.15) is 0 Å². The number of aliphatic hydroxyl groups is 1. The van der Waals surface area contributed by atoms with Gasteiger partial charge in [0.05, 0.1) is 11.1 Å². The van der Waals surface area contributed by atoms with Crippen LogP contribution in [0.4, 0.5) is 0 Å². The van der Waals surface area contributed by atoms with Crippen LogP contribution in [0.5, 0.6) is 5.75 Å². The van der Waals surface area contributed by atoms with E-state index in [4.69, 9.17) is 4.74 Å². The molecule has 3 nitrogen and oxygen atoms in total. The lowest BCUT2D eigenvalue weighted by Crippen LogP contribution is -2.14. The van der Waals surface area contributed by atoms with Crippen molar-refractivity contribution in [3.63, 3.8) is 0 Å². The molecule has 0 amide bonds. The maximum atomic E-state index is 9.96. The van der Waals surface area contributed by atoms with Gasteiger partial charge in [0.1, 0.15) is 12.4 Å². The second-order valence-electron chi connectivity index (χ2n) is 5.86. The molecule has 1 N–H and O–H groups in total. The summed E-state index contributed by atoms with van der Waals surface area (Å²) in [5.41, 5.74) is 2.06. The Labute approximate surface area is 130 Å². The zero-order valence-corrected chi connectivity index (χ0v) is 12.8. The summed E-state index contributed by atoms with van der Waals surface area (Å²) >= 11 is 0. The zero-order valence-electron chi connectivity index (χ0n) is 12.8. The number of para-hydroxylation sites is 1. The summed E-state index contributed by atoms with van der Waals surface area (Å²) < 4.78 is 5.85. The topological polar surface area (TPSA) is 42.4 Å². The molecule has 0 fully saturated rings. The third kappa shape index (κ3) is 3.10. The van der Waals surface area contributed by atoms with E-state index in [1.807, 2.05) is 54.6 Å². The Kier molecular flexibility index (Phi) is 3.82. The fraction of sp³-hybridized carbons (Fsp3) is 0.211. The predicted octanol–water partition coefficient (Wildman–Crippen LogP) is 4.04. The third-order valence-electron chi connectivity index (χ3n) is 3.67. The van der Waals surface area contributed by atoms with Crippen molar-refractivity contribution in [3.05, 3.63) is 71.9 Å². The van der Waals surface area contributed by atoms with Crippen LogP contribution in [-0.4, -0.2) is 10.1 Å². The van der Waals surface area contributed by atoms with Crippen LogP contribution < -0.4 is 4.74 Å². The minimum atomic E-state index is -0.835. The number of ether oxygens (including phenoxy) is 1. The van der Waals surface area contributed by atoms with Crippen LogP contribution in [0.1, 0.15) is 25.0 Å². The average molecular weight is 293 g/mol. The van der Waals surface area contributed by atoms with Crippen molar-refractivity contribution in [3.8, 4) is 5.75 Å². The Morgan fingerprint density at radius 2 is 1.73 bits per heavy atom. The van der Waals surface area contributed by atoms with E-state index < -0.39 is 5.60 Å². The number of benzene rings is 2. The molecule has 0 saturated carbocycles. The number of hydrogen-bond donors (Lipinski definition) is 1. The van der Waals surface area contributed by atoms with Gasteiger partial charge in [-0.05, 0) is 37.6 Å². The van der Waals surface area contributed by atoms with Crippen molar-refractivity contribution >= 4 is 10.9 Å². The number of pyridine rings is 1. The van der Waals surface area contributed by atoms with Gasteiger partial charge < -0.3 is 9.84 Å². The summed E-state index contributed by atoms with van der Waals surface area (Å²) in [6.45, 7) is 4.01. The molecule has 0 aliphatic carbocycles. The van der Waals surface area contributed by atoms with Gasteiger partial charge >= 0.3 is 0 Å². The van der Waals surface area contributed by atoms with Crippen molar-refractivity contribution in [1.82, 2.24) is 4.98 Å². The molecule has 3 rings (SSSR count). The van der Waals surface area contributed by atoms with Crippen molar-refractivity contribution in [2.24, 2.45) is 0 Å². The highest BCUT2D eigenvalue weighted by molar-refractivity contribution is 5.81. The maximum Gasteiger partial charge on any atom is 0.119 e. The lowest BCUT2D eigenvalue weighted by molar-refractivity contribution is 0.0785. The highest BCUT2D eigenvalue weighted by Crippen LogP contribution is 2.23. The summed E-state index contributed by atoms with van der Waals surface area (Å²) in [5.74, 6) is 0.779. The second-order valence-corrected chi connectivity index (χ2v) is 5.86. The van der Waals surface area contributed by atoms with Gasteiger partial charge in [0.15, 0.2) is 0 Å². The fourth-order valence-corrected chi connectivity index (χ4v) is 2.40. The van der Waals surface area contributed by atoms with E-state index in [1.165, 1.54) is 0 Å². The molecule has 0 aliphatic rings. The van der Waals surface area contributed by atoms with Crippen LogP contribution in [0, 0.1) is 0 Å². The molecule has 112 valence electrons. The van der Waals surface area contributed by atoms with Crippen LogP contribution in [0.3, 0.4) is 0 Å². The molecular formula is C19H19NO2. The second kappa shape index (κ2) is 5.78. The quantitative estimate of drug-likeness (QED) is 0.789. The Morgan fingerprint density at radius 1 is 1.00 bits per heavy atom. The highest BCUT2D eigenvalue weighted by atomic mass is 16.5. The van der Waals surface area contributed by atoms with Crippen LogP contribution >= 0.6 is 0 Å². The molecule has 0 unspecified atom stereocenters. The average Bonchev–Trinajstić information content (AvgIpc) is 2.52. The molecule has 1 heterocycles. The molecule has 1 aromatic heterocycles. The van der Waals surface area contributed by atoms with Gasteiger partial charge in [-0.25, -0.2) is 0 Å². The molecule has 0 atom stereocenters. The zero-order chi connectivity index (χ0) is 15.6.